The van der Waals surface area contributed by atoms with Crippen LogP contribution >= 0.6 is 0 Å². The predicted octanol–water partition coefficient (Wildman–Crippen LogP) is 2.47. The van der Waals surface area contributed by atoms with Gasteiger partial charge < -0.3 is 35.8 Å². The molecule has 0 aromatic heterocycles. The maximum absolute atomic E-state index is 14.3. The Kier molecular flexibility index (Phi) is 11.9. The monoisotopic (exact) mass is 736 g/mol. The zero-order chi connectivity index (χ0) is 38.8. The fourth-order valence-electron chi connectivity index (χ4n) is 8.08. The first-order chi connectivity index (χ1) is 24.9. The molecule has 1 saturated heterocycles. The van der Waals surface area contributed by atoms with Crippen molar-refractivity contribution in [3.05, 3.63) is 35.9 Å². The zero-order valence-electron chi connectivity index (χ0n) is 32.0. The van der Waals surface area contributed by atoms with Gasteiger partial charge in [-0.1, -0.05) is 69.9 Å². The van der Waals surface area contributed by atoms with Crippen molar-refractivity contribution in [2.75, 3.05) is 27.2 Å². The predicted molar refractivity (Wildman–Crippen MR) is 195 cm³/mol. The molecule has 4 fully saturated rings. The minimum absolute atomic E-state index is 0.0615. The van der Waals surface area contributed by atoms with Crippen LogP contribution in [-0.4, -0.2) is 102 Å². The molecule has 5 rings (SSSR count). The van der Waals surface area contributed by atoms with E-state index >= 15 is 0 Å². The van der Waals surface area contributed by atoms with E-state index in [0.29, 0.717) is 12.1 Å². The third-order valence-corrected chi connectivity index (χ3v) is 11.2. The molecule has 6 atom stereocenters. The number of nitrogens with one attached hydrogen (secondary N) is 4. The molecule has 0 bridgehead atoms. The number of ketones is 1. The first-order valence-electron chi connectivity index (χ1n) is 18.9. The molecule has 4 N–H and O–H groups in total. The minimum atomic E-state index is -1.16. The van der Waals surface area contributed by atoms with Crippen molar-refractivity contribution in [1.82, 2.24) is 31.1 Å². The van der Waals surface area contributed by atoms with Crippen molar-refractivity contribution in [3.63, 3.8) is 0 Å². The molecule has 53 heavy (non-hydrogen) atoms. The number of likely N-dealkylation sites (tertiary alicyclic amines) is 1. The van der Waals surface area contributed by atoms with E-state index in [4.69, 9.17) is 4.74 Å². The van der Waals surface area contributed by atoms with E-state index in [2.05, 4.69) is 35.1 Å². The van der Waals surface area contributed by atoms with Gasteiger partial charge in [0.15, 0.2) is 0 Å². The third-order valence-electron chi connectivity index (χ3n) is 11.2. The van der Waals surface area contributed by atoms with E-state index in [0.717, 1.165) is 38.5 Å². The van der Waals surface area contributed by atoms with E-state index < -0.39 is 65.9 Å². The Bertz CT molecular complexity index is 1580. The summed E-state index contributed by atoms with van der Waals surface area (Å²) in [4.78, 5) is 96.9. The van der Waals surface area contributed by atoms with Gasteiger partial charge >= 0.3 is 6.09 Å². The summed E-state index contributed by atoms with van der Waals surface area (Å²) in [5.74, 6) is -3.87. The van der Waals surface area contributed by atoms with Crippen LogP contribution in [0.1, 0.15) is 91.2 Å². The van der Waals surface area contributed by atoms with E-state index in [1.165, 1.54) is 4.90 Å². The van der Waals surface area contributed by atoms with Gasteiger partial charge in [-0.25, -0.2) is 4.79 Å². The van der Waals surface area contributed by atoms with Crippen molar-refractivity contribution in [2.45, 2.75) is 109 Å². The second kappa shape index (κ2) is 15.9. The number of amides is 6. The Labute approximate surface area is 311 Å². The number of rotatable bonds is 14. The summed E-state index contributed by atoms with van der Waals surface area (Å²) >= 11 is 0. The number of fused-ring (bicyclic) bond motifs is 1. The normalized spacial score (nSPS) is 23.5. The van der Waals surface area contributed by atoms with Gasteiger partial charge in [0.05, 0.1) is 12.6 Å². The summed E-state index contributed by atoms with van der Waals surface area (Å²) in [5, 5.41) is 10.7. The van der Waals surface area contributed by atoms with Gasteiger partial charge in [-0.05, 0) is 74.7 Å². The average molecular weight is 737 g/mol. The van der Waals surface area contributed by atoms with Crippen molar-refractivity contribution in [1.29, 1.82) is 0 Å². The number of piperidine rings is 1. The fraction of sp³-hybridized carbons (Fsp3) is 0.667. The van der Waals surface area contributed by atoms with Crippen LogP contribution in [0.25, 0.3) is 0 Å². The third kappa shape index (κ3) is 9.55. The number of Topliss-reactive ketones (excluding diaryl/α,β-unsaturated/α-hetero) is 1. The van der Waals surface area contributed by atoms with Crippen LogP contribution in [0.15, 0.2) is 30.3 Å². The van der Waals surface area contributed by atoms with Gasteiger partial charge in [-0.3, -0.25) is 28.8 Å². The van der Waals surface area contributed by atoms with Crippen molar-refractivity contribution in [3.8, 4) is 0 Å². The molecule has 3 aliphatic carbocycles. The summed E-state index contributed by atoms with van der Waals surface area (Å²) in [5.41, 5.74) is -0.416. The van der Waals surface area contributed by atoms with E-state index in [1.54, 1.807) is 70.1 Å². The number of hydrogen-bond donors (Lipinski definition) is 4. The van der Waals surface area contributed by atoms with Gasteiger partial charge in [-0.15, -0.1) is 0 Å². The molecule has 1 heterocycles. The summed E-state index contributed by atoms with van der Waals surface area (Å²) < 4.78 is 5.50. The van der Waals surface area contributed by atoms with Crippen LogP contribution in [0.4, 0.5) is 4.79 Å². The SMILES string of the molecule is CN(C)C(=O)[C@@H](NC(=O)CNC(=O)C(=O)C(CC1CC1)NC(=O)[C@@H]1[C@@H]2C(CN1C(=O)[C@@H](NC(=O)OC(C)(C)C)C1CCCC1)C2(C)C)c1ccccc1. The highest BCUT2D eigenvalue weighted by atomic mass is 16.6. The molecule has 14 heteroatoms. The maximum atomic E-state index is 14.3. The molecule has 3 saturated carbocycles. The minimum Gasteiger partial charge on any atom is -0.444 e. The summed E-state index contributed by atoms with van der Waals surface area (Å²) in [6.07, 6.45) is 4.67. The molecular formula is C39H56N6O8. The molecule has 290 valence electrons. The summed E-state index contributed by atoms with van der Waals surface area (Å²) in [6, 6.07) is 4.78. The Hall–Kier alpha value is -4.49. The fourth-order valence-corrected chi connectivity index (χ4v) is 8.08. The molecule has 1 aromatic rings. The van der Waals surface area contributed by atoms with Crippen molar-refractivity contribution < 1.29 is 38.3 Å². The molecule has 0 spiro atoms. The number of likely N-dealkylation sites (N-methyl/N-ethyl adjacent to an activating group) is 1. The highest BCUT2D eigenvalue weighted by molar-refractivity contribution is 6.38. The Morgan fingerprint density at radius 1 is 0.925 bits per heavy atom. The van der Waals surface area contributed by atoms with Crippen LogP contribution in [0, 0.1) is 29.1 Å². The second-order valence-electron chi connectivity index (χ2n) is 17.0. The van der Waals surface area contributed by atoms with Crippen molar-refractivity contribution >= 4 is 41.4 Å². The van der Waals surface area contributed by atoms with E-state index in [9.17, 15) is 33.6 Å². The molecule has 6 amide bonds. The lowest BCUT2D eigenvalue weighted by Crippen LogP contribution is -2.59. The second-order valence-corrected chi connectivity index (χ2v) is 17.0. The quantitative estimate of drug-likeness (QED) is 0.210. The first kappa shape index (κ1) is 39.7. The van der Waals surface area contributed by atoms with Crippen LogP contribution in [-0.2, 0) is 33.5 Å². The molecule has 0 radical (unpaired) electrons. The van der Waals surface area contributed by atoms with Crippen LogP contribution in [0.3, 0.4) is 0 Å². The van der Waals surface area contributed by atoms with Gasteiger partial charge in [0.1, 0.15) is 23.7 Å². The molecular weight excluding hydrogens is 680 g/mol. The van der Waals surface area contributed by atoms with Gasteiger partial charge in [0.2, 0.25) is 29.4 Å². The lowest BCUT2D eigenvalue weighted by atomic mass is 9.94. The number of carbonyl (C=O) groups excluding carboxylic acids is 7. The van der Waals surface area contributed by atoms with E-state index in [1.807, 2.05) is 0 Å². The number of carbonyl (C=O) groups is 7. The molecule has 1 aliphatic heterocycles. The Morgan fingerprint density at radius 2 is 1.57 bits per heavy atom. The van der Waals surface area contributed by atoms with Gasteiger partial charge in [-0.2, -0.15) is 0 Å². The Balaban J connectivity index is 1.27. The first-order valence-corrected chi connectivity index (χ1v) is 18.9. The van der Waals surface area contributed by atoms with Gasteiger partial charge in [0.25, 0.3) is 5.91 Å². The number of alkyl carbamates (subject to hydrolysis) is 1. The average Bonchev–Trinajstić information content (AvgIpc) is 3.79. The van der Waals surface area contributed by atoms with Gasteiger partial charge in [0, 0.05) is 20.6 Å². The van der Waals surface area contributed by atoms with E-state index in [-0.39, 0.29) is 47.3 Å². The molecule has 4 aliphatic rings. The lowest BCUT2D eigenvalue weighted by Gasteiger charge is -2.35. The highest BCUT2D eigenvalue weighted by Gasteiger charge is 2.70. The molecule has 1 aromatic carbocycles. The van der Waals surface area contributed by atoms with Crippen LogP contribution in [0.2, 0.25) is 0 Å². The lowest BCUT2D eigenvalue weighted by molar-refractivity contribution is -0.145. The number of hydrogen-bond acceptors (Lipinski definition) is 8. The molecule has 14 nitrogen and oxygen atoms in total. The van der Waals surface area contributed by atoms with Crippen LogP contribution < -0.4 is 21.3 Å². The maximum Gasteiger partial charge on any atom is 0.408 e. The Morgan fingerprint density at radius 3 is 2.15 bits per heavy atom. The number of ether oxygens (including phenoxy) is 1. The molecule has 2 unspecified atom stereocenters. The standard InChI is InChI=1S/C39H56N6O8/c1-38(2,3)53-37(52)43-30(24-15-11-12-16-24)36(51)45-21-25-28(39(25,4)5)31(45)33(48)41-26(19-22-17-18-22)32(47)34(49)40-20-27(46)42-29(35(50)44(6)7)23-13-9-8-10-14-23/h8-10,13-14,22,24-26,28-31H,11-12,15-21H2,1-7H3,(H,40,49)(H,41,48)(H,42,46)(H,43,52)/t25?,26?,28-,29-,30-,31-/m0/s1. The number of benzene rings is 1. The highest BCUT2D eigenvalue weighted by Crippen LogP contribution is 2.65. The largest absolute Gasteiger partial charge is 0.444 e. The smallest absolute Gasteiger partial charge is 0.408 e. The summed E-state index contributed by atoms with van der Waals surface area (Å²) in [7, 11) is 3.14. The number of nitrogens with zero attached hydrogens (tertiary/aromatic N) is 2. The van der Waals surface area contributed by atoms with Crippen LogP contribution in [0.5, 0.6) is 0 Å². The zero-order valence-corrected chi connectivity index (χ0v) is 32.0. The topological polar surface area (TPSA) is 183 Å². The summed E-state index contributed by atoms with van der Waals surface area (Å²) in [6.45, 7) is 9.13. The van der Waals surface area contributed by atoms with Crippen molar-refractivity contribution in [2.24, 2.45) is 29.1 Å².